The number of aryl methyl sites for hydroxylation is 1. The van der Waals surface area contributed by atoms with Gasteiger partial charge in [0.1, 0.15) is 0 Å². The van der Waals surface area contributed by atoms with Gasteiger partial charge in [-0.3, -0.25) is 9.59 Å². The van der Waals surface area contributed by atoms with Crippen molar-refractivity contribution in [3.8, 4) is 0 Å². The summed E-state index contributed by atoms with van der Waals surface area (Å²) in [6, 6.07) is 6.68. The molecule has 0 saturated carbocycles. The van der Waals surface area contributed by atoms with Crippen LogP contribution in [0, 0.1) is 6.92 Å². The van der Waals surface area contributed by atoms with Crippen LogP contribution in [0.25, 0.3) is 0 Å². The average Bonchev–Trinajstić information content (AvgIpc) is 2.75. The van der Waals surface area contributed by atoms with Gasteiger partial charge in [0.2, 0.25) is 11.8 Å². The Morgan fingerprint density at radius 1 is 1.26 bits per heavy atom. The molecule has 98 valence electrons. The number of anilines is 1. The average molecular weight is 259 g/mol. The highest BCUT2D eigenvalue weighted by Crippen LogP contribution is 2.10. The first-order valence-corrected chi connectivity index (χ1v) is 5.74. The molecule has 0 aliphatic rings. The van der Waals surface area contributed by atoms with Gasteiger partial charge in [-0.1, -0.05) is 5.16 Å². The molecule has 0 radical (unpaired) electrons. The van der Waals surface area contributed by atoms with Gasteiger partial charge in [-0.05, 0) is 31.2 Å². The fourth-order valence-corrected chi connectivity index (χ4v) is 1.55. The van der Waals surface area contributed by atoms with E-state index in [4.69, 9.17) is 4.52 Å². The molecule has 0 atom stereocenters. The minimum Gasteiger partial charge on any atom is -0.340 e. The number of nitrogens with one attached hydrogen (secondary N) is 1. The maximum Gasteiger partial charge on any atom is 0.232 e. The van der Waals surface area contributed by atoms with Crippen molar-refractivity contribution in [2.24, 2.45) is 0 Å². The first-order valence-electron chi connectivity index (χ1n) is 5.74. The van der Waals surface area contributed by atoms with Crippen LogP contribution >= 0.6 is 0 Å². The molecule has 0 unspecified atom stereocenters. The number of aromatic nitrogens is 2. The van der Waals surface area contributed by atoms with E-state index in [1.165, 1.54) is 6.92 Å². The zero-order valence-corrected chi connectivity index (χ0v) is 10.6. The maximum atomic E-state index is 11.7. The summed E-state index contributed by atoms with van der Waals surface area (Å²) in [5, 5.41) is 6.34. The zero-order valence-electron chi connectivity index (χ0n) is 10.6. The molecule has 1 aromatic carbocycles. The Morgan fingerprint density at radius 3 is 2.47 bits per heavy atom. The van der Waals surface area contributed by atoms with Crippen molar-refractivity contribution in [1.82, 2.24) is 10.1 Å². The second-order valence-electron chi connectivity index (χ2n) is 4.09. The molecule has 1 heterocycles. The smallest absolute Gasteiger partial charge is 0.232 e. The highest BCUT2D eigenvalue weighted by atomic mass is 16.5. The lowest BCUT2D eigenvalue weighted by atomic mass is 10.1. The number of benzene rings is 1. The number of carbonyl (C=O) groups excluding carboxylic acids is 2. The number of rotatable bonds is 4. The molecular weight excluding hydrogens is 246 g/mol. The molecule has 0 fully saturated rings. The van der Waals surface area contributed by atoms with Crippen LogP contribution in [0.1, 0.15) is 29.0 Å². The second kappa shape index (κ2) is 5.43. The largest absolute Gasteiger partial charge is 0.340 e. The molecule has 2 aromatic rings. The topological polar surface area (TPSA) is 85.1 Å². The van der Waals surface area contributed by atoms with E-state index < -0.39 is 0 Å². The molecule has 6 nitrogen and oxygen atoms in total. The summed E-state index contributed by atoms with van der Waals surface area (Å²) in [4.78, 5) is 26.8. The number of nitrogens with zero attached hydrogens (tertiary/aromatic N) is 2. The van der Waals surface area contributed by atoms with Crippen molar-refractivity contribution in [3.05, 3.63) is 41.5 Å². The summed E-state index contributed by atoms with van der Waals surface area (Å²) in [6.45, 7) is 3.15. The molecule has 0 aliphatic heterocycles. The first-order chi connectivity index (χ1) is 9.04. The van der Waals surface area contributed by atoms with Gasteiger partial charge >= 0.3 is 0 Å². The van der Waals surface area contributed by atoms with Crippen molar-refractivity contribution >= 4 is 17.4 Å². The van der Waals surface area contributed by atoms with Crippen LogP contribution < -0.4 is 5.32 Å². The number of ketones is 1. The monoisotopic (exact) mass is 259 g/mol. The van der Waals surface area contributed by atoms with Crippen LogP contribution in [0.4, 0.5) is 5.69 Å². The second-order valence-corrected chi connectivity index (χ2v) is 4.09. The number of carbonyl (C=O) groups is 2. The Balaban J connectivity index is 1.97. The van der Waals surface area contributed by atoms with E-state index in [0.29, 0.717) is 23.0 Å². The highest BCUT2D eigenvalue weighted by Gasteiger charge is 2.09. The SMILES string of the molecule is CC(=O)c1ccc(NC(=O)Cc2noc(C)n2)cc1. The van der Waals surface area contributed by atoms with Crippen LogP contribution in [0.2, 0.25) is 0 Å². The number of hydrogen-bond acceptors (Lipinski definition) is 5. The van der Waals surface area contributed by atoms with E-state index in [1.54, 1.807) is 31.2 Å². The third-order valence-electron chi connectivity index (χ3n) is 2.46. The van der Waals surface area contributed by atoms with Crippen LogP contribution in [-0.2, 0) is 11.2 Å². The Kier molecular flexibility index (Phi) is 3.70. The highest BCUT2D eigenvalue weighted by molar-refractivity contribution is 5.95. The van der Waals surface area contributed by atoms with Crippen LogP contribution in [0.3, 0.4) is 0 Å². The van der Waals surface area contributed by atoms with E-state index in [-0.39, 0.29) is 18.1 Å². The molecule has 2 rings (SSSR count). The van der Waals surface area contributed by atoms with Gasteiger partial charge in [-0.2, -0.15) is 4.98 Å². The van der Waals surface area contributed by atoms with Crippen molar-refractivity contribution in [1.29, 1.82) is 0 Å². The maximum absolute atomic E-state index is 11.7. The summed E-state index contributed by atoms with van der Waals surface area (Å²) in [7, 11) is 0. The summed E-state index contributed by atoms with van der Waals surface area (Å²) < 4.78 is 4.78. The summed E-state index contributed by atoms with van der Waals surface area (Å²) >= 11 is 0. The molecular formula is C13H13N3O3. The standard InChI is InChI=1S/C13H13N3O3/c1-8(17)10-3-5-11(6-4-10)15-13(18)7-12-14-9(2)19-16-12/h3-6H,7H2,1-2H3,(H,15,18). The van der Waals surface area contributed by atoms with Crippen LogP contribution in [0.15, 0.2) is 28.8 Å². The van der Waals surface area contributed by atoms with Crippen molar-refractivity contribution in [2.45, 2.75) is 20.3 Å². The van der Waals surface area contributed by atoms with Gasteiger partial charge < -0.3 is 9.84 Å². The molecule has 0 aliphatic carbocycles. The quantitative estimate of drug-likeness (QED) is 0.845. The normalized spacial score (nSPS) is 10.2. The van der Waals surface area contributed by atoms with Crippen molar-refractivity contribution in [2.75, 3.05) is 5.32 Å². The summed E-state index contributed by atoms with van der Waals surface area (Å²) in [6.07, 6.45) is 0.0474. The summed E-state index contributed by atoms with van der Waals surface area (Å²) in [5.74, 6) is 0.514. The predicted molar refractivity (Wildman–Crippen MR) is 67.8 cm³/mol. The third kappa shape index (κ3) is 3.48. The first kappa shape index (κ1) is 12.9. The Hall–Kier alpha value is -2.50. The van der Waals surface area contributed by atoms with Gasteiger partial charge in [0.25, 0.3) is 0 Å². The molecule has 1 amide bonds. The molecule has 0 spiro atoms. The molecule has 6 heteroatoms. The number of hydrogen-bond donors (Lipinski definition) is 1. The lowest BCUT2D eigenvalue weighted by Crippen LogP contribution is -2.15. The van der Waals surface area contributed by atoms with E-state index in [0.717, 1.165) is 0 Å². The van der Waals surface area contributed by atoms with Crippen molar-refractivity contribution in [3.63, 3.8) is 0 Å². The lowest BCUT2D eigenvalue weighted by Gasteiger charge is -2.04. The van der Waals surface area contributed by atoms with Crippen molar-refractivity contribution < 1.29 is 14.1 Å². The van der Waals surface area contributed by atoms with E-state index >= 15 is 0 Å². The Bertz CT molecular complexity index is 602. The molecule has 0 bridgehead atoms. The van der Waals surface area contributed by atoms with Gasteiger partial charge in [0.15, 0.2) is 11.6 Å². The molecule has 1 aromatic heterocycles. The van der Waals surface area contributed by atoms with Gasteiger partial charge in [0, 0.05) is 18.2 Å². The molecule has 0 saturated heterocycles. The Morgan fingerprint density at radius 2 is 1.95 bits per heavy atom. The van der Waals surface area contributed by atoms with E-state index in [9.17, 15) is 9.59 Å². The molecule has 19 heavy (non-hydrogen) atoms. The summed E-state index contributed by atoms with van der Waals surface area (Å²) in [5.41, 5.74) is 1.22. The zero-order chi connectivity index (χ0) is 13.8. The number of Topliss-reactive ketones (excluding diaryl/α,β-unsaturated/α-hetero) is 1. The van der Waals surface area contributed by atoms with E-state index in [2.05, 4.69) is 15.5 Å². The lowest BCUT2D eigenvalue weighted by molar-refractivity contribution is -0.115. The Labute approximate surface area is 109 Å². The minimum absolute atomic E-state index is 0.0138. The fourth-order valence-electron chi connectivity index (χ4n) is 1.55. The van der Waals surface area contributed by atoms with Gasteiger partial charge in [0.05, 0.1) is 6.42 Å². The third-order valence-corrected chi connectivity index (χ3v) is 2.46. The molecule has 1 N–H and O–H groups in total. The predicted octanol–water partition coefficient (Wildman–Crippen LogP) is 1.76. The van der Waals surface area contributed by atoms with Gasteiger partial charge in [-0.15, -0.1) is 0 Å². The van der Waals surface area contributed by atoms with E-state index in [1.807, 2.05) is 0 Å². The minimum atomic E-state index is -0.239. The number of amides is 1. The van der Waals surface area contributed by atoms with Crippen LogP contribution in [0.5, 0.6) is 0 Å². The van der Waals surface area contributed by atoms with Gasteiger partial charge in [-0.25, -0.2) is 0 Å². The van der Waals surface area contributed by atoms with Crippen LogP contribution in [-0.4, -0.2) is 21.8 Å². The fraction of sp³-hybridized carbons (Fsp3) is 0.231.